The summed E-state index contributed by atoms with van der Waals surface area (Å²) in [6.07, 6.45) is 3.21. The van der Waals surface area contributed by atoms with E-state index in [1.807, 2.05) is 13.8 Å². The largest absolute Gasteiger partial charge is 0.392 e. The Hall–Kier alpha value is -0.600. The minimum Gasteiger partial charge on any atom is -0.392 e. The van der Waals surface area contributed by atoms with E-state index in [4.69, 9.17) is 0 Å². The smallest absolute Gasteiger partial charge is 0.0650 e. The van der Waals surface area contributed by atoms with Crippen LogP contribution in [0.1, 0.15) is 26.7 Å². The second-order valence-corrected chi connectivity index (χ2v) is 3.90. The Morgan fingerprint density at radius 3 is 1.62 bits per heavy atom. The maximum absolute atomic E-state index is 9.71. The van der Waals surface area contributed by atoms with Gasteiger partial charge in [0, 0.05) is 5.41 Å². The predicted molar refractivity (Wildman–Crippen MR) is 55.4 cm³/mol. The van der Waals surface area contributed by atoms with Crippen molar-refractivity contribution in [3.63, 3.8) is 0 Å². The van der Waals surface area contributed by atoms with Crippen molar-refractivity contribution < 1.29 is 10.2 Å². The minimum absolute atomic E-state index is 0.501. The van der Waals surface area contributed by atoms with Gasteiger partial charge in [-0.25, -0.2) is 0 Å². The first-order valence-electron chi connectivity index (χ1n) is 4.54. The molecule has 2 atom stereocenters. The lowest BCUT2D eigenvalue weighted by atomic mass is 9.78. The van der Waals surface area contributed by atoms with Gasteiger partial charge in [-0.2, -0.15) is 0 Å². The number of hydrogen-bond donors (Lipinski definition) is 2. The van der Waals surface area contributed by atoms with Crippen molar-refractivity contribution in [3.8, 4) is 0 Å². The highest BCUT2D eigenvalue weighted by molar-refractivity contribution is 4.91. The molecule has 0 spiro atoms. The van der Waals surface area contributed by atoms with Crippen LogP contribution in [0.25, 0.3) is 0 Å². The first kappa shape index (κ1) is 12.4. The number of hydrogen-bond acceptors (Lipinski definition) is 2. The van der Waals surface area contributed by atoms with Crippen molar-refractivity contribution in [3.05, 3.63) is 25.3 Å². The van der Waals surface area contributed by atoms with Crippen LogP contribution in [0.4, 0.5) is 0 Å². The summed E-state index contributed by atoms with van der Waals surface area (Å²) in [5, 5.41) is 19.4. The Morgan fingerprint density at radius 1 is 1.08 bits per heavy atom. The van der Waals surface area contributed by atoms with E-state index in [0.717, 1.165) is 0 Å². The fourth-order valence-electron chi connectivity index (χ4n) is 1.15. The van der Waals surface area contributed by atoms with Crippen LogP contribution in [0.15, 0.2) is 25.3 Å². The van der Waals surface area contributed by atoms with E-state index in [1.54, 1.807) is 12.2 Å². The third-order valence-electron chi connectivity index (χ3n) is 2.50. The molecule has 0 unspecified atom stereocenters. The van der Waals surface area contributed by atoms with Gasteiger partial charge in [-0.15, -0.1) is 13.2 Å². The highest BCUT2D eigenvalue weighted by Gasteiger charge is 2.33. The van der Waals surface area contributed by atoms with Gasteiger partial charge in [0.05, 0.1) is 12.2 Å². The average Bonchev–Trinajstić information content (AvgIpc) is 2.05. The molecule has 2 nitrogen and oxygen atoms in total. The van der Waals surface area contributed by atoms with Crippen LogP contribution in [0.3, 0.4) is 0 Å². The van der Waals surface area contributed by atoms with Crippen LogP contribution in [0, 0.1) is 5.41 Å². The van der Waals surface area contributed by atoms with E-state index in [1.165, 1.54) is 0 Å². The van der Waals surface area contributed by atoms with Gasteiger partial charge in [0.25, 0.3) is 0 Å². The first-order chi connectivity index (χ1) is 5.96. The molecule has 0 amide bonds. The second-order valence-electron chi connectivity index (χ2n) is 3.90. The van der Waals surface area contributed by atoms with E-state index in [9.17, 15) is 10.2 Å². The number of rotatable bonds is 6. The Labute approximate surface area is 80.6 Å². The first-order valence-corrected chi connectivity index (χ1v) is 4.54. The highest BCUT2D eigenvalue weighted by Crippen LogP contribution is 2.29. The Bertz CT molecular complexity index is 155. The van der Waals surface area contributed by atoms with Gasteiger partial charge in [-0.3, -0.25) is 0 Å². The lowest BCUT2D eigenvalue weighted by Gasteiger charge is -2.34. The third kappa shape index (κ3) is 3.33. The molecule has 0 aliphatic carbocycles. The summed E-state index contributed by atoms with van der Waals surface area (Å²) in [4.78, 5) is 0. The average molecular weight is 184 g/mol. The molecule has 0 saturated heterocycles. The lowest BCUT2D eigenvalue weighted by molar-refractivity contribution is -0.0437. The van der Waals surface area contributed by atoms with Gasteiger partial charge < -0.3 is 10.2 Å². The minimum atomic E-state index is -0.556. The van der Waals surface area contributed by atoms with Crippen LogP contribution in [-0.4, -0.2) is 22.4 Å². The standard InChI is InChI=1S/C11H20O2/c1-5-7-9(12)11(3,4)10(13)8-6-2/h5-6,9-10,12-13H,1-2,7-8H2,3-4H3/t9-,10-/m1/s1. The summed E-state index contributed by atoms with van der Waals surface area (Å²) in [5.74, 6) is 0. The predicted octanol–water partition coefficient (Wildman–Crippen LogP) is 1.89. The molecule has 76 valence electrons. The topological polar surface area (TPSA) is 40.5 Å². The van der Waals surface area contributed by atoms with Crippen LogP contribution in [0.5, 0.6) is 0 Å². The molecule has 2 N–H and O–H groups in total. The maximum atomic E-state index is 9.71. The molecule has 0 saturated carbocycles. The van der Waals surface area contributed by atoms with Crippen LogP contribution >= 0.6 is 0 Å². The molecule has 0 heterocycles. The SMILES string of the molecule is C=CC[C@@H](O)C(C)(C)[C@H](O)CC=C. The quantitative estimate of drug-likeness (QED) is 0.619. The molecule has 0 aromatic carbocycles. The van der Waals surface area contributed by atoms with Gasteiger partial charge >= 0.3 is 0 Å². The third-order valence-corrected chi connectivity index (χ3v) is 2.50. The van der Waals surface area contributed by atoms with Crippen molar-refractivity contribution in [2.24, 2.45) is 5.41 Å². The molecule has 0 rings (SSSR count). The maximum Gasteiger partial charge on any atom is 0.0650 e. The zero-order valence-corrected chi connectivity index (χ0v) is 8.53. The van der Waals surface area contributed by atoms with E-state index in [-0.39, 0.29) is 0 Å². The molecule has 0 aromatic rings. The van der Waals surface area contributed by atoms with E-state index in [0.29, 0.717) is 12.8 Å². The zero-order valence-electron chi connectivity index (χ0n) is 8.53. The molecule has 0 fully saturated rings. The van der Waals surface area contributed by atoms with Gasteiger partial charge in [-0.05, 0) is 12.8 Å². The Morgan fingerprint density at radius 2 is 1.38 bits per heavy atom. The van der Waals surface area contributed by atoms with Crippen molar-refractivity contribution in [2.75, 3.05) is 0 Å². The molecule has 0 radical (unpaired) electrons. The molecular formula is C11H20O2. The van der Waals surface area contributed by atoms with Crippen LogP contribution < -0.4 is 0 Å². The molecule has 0 bridgehead atoms. The molecule has 2 heteroatoms. The van der Waals surface area contributed by atoms with Gasteiger partial charge in [0.1, 0.15) is 0 Å². The van der Waals surface area contributed by atoms with Gasteiger partial charge in [0.15, 0.2) is 0 Å². The Kier molecular flexibility index (Phi) is 4.96. The van der Waals surface area contributed by atoms with Gasteiger partial charge in [0.2, 0.25) is 0 Å². The molecule has 13 heavy (non-hydrogen) atoms. The fourth-order valence-corrected chi connectivity index (χ4v) is 1.15. The second kappa shape index (κ2) is 5.20. The Balaban J connectivity index is 4.33. The molecule has 0 aromatic heterocycles. The van der Waals surface area contributed by atoms with Crippen molar-refractivity contribution >= 4 is 0 Å². The van der Waals surface area contributed by atoms with Gasteiger partial charge in [-0.1, -0.05) is 26.0 Å². The summed E-state index contributed by atoms with van der Waals surface area (Å²) in [5.41, 5.74) is -0.512. The zero-order chi connectivity index (χ0) is 10.5. The summed E-state index contributed by atoms with van der Waals surface area (Å²) < 4.78 is 0. The molecule has 0 aliphatic heterocycles. The summed E-state index contributed by atoms with van der Waals surface area (Å²) in [7, 11) is 0. The van der Waals surface area contributed by atoms with Crippen molar-refractivity contribution in [1.82, 2.24) is 0 Å². The molecule has 0 aliphatic rings. The summed E-state index contributed by atoms with van der Waals surface area (Å²) in [6.45, 7) is 10.8. The number of aliphatic hydroxyl groups excluding tert-OH is 2. The normalized spacial score (nSPS) is 16.3. The summed E-state index contributed by atoms with van der Waals surface area (Å²) in [6, 6.07) is 0. The van der Waals surface area contributed by atoms with Crippen LogP contribution in [-0.2, 0) is 0 Å². The highest BCUT2D eigenvalue weighted by atomic mass is 16.3. The van der Waals surface area contributed by atoms with E-state index >= 15 is 0 Å². The van der Waals surface area contributed by atoms with Crippen LogP contribution in [0.2, 0.25) is 0 Å². The molecular weight excluding hydrogens is 164 g/mol. The van der Waals surface area contributed by atoms with E-state index < -0.39 is 17.6 Å². The fraction of sp³-hybridized carbons (Fsp3) is 0.636. The monoisotopic (exact) mass is 184 g/mol. The number of aliphatic hydroxyl groups is 2. The van der Waals surface area contributed by atoms with Crippen molar-refractivity contribution in [1.29, 1.82) is 0 Å². The lowest BCUT2D eigenvalue weighted by Crippen LogP contribution is -2.39. The van der Waals surface area contributed by atoms with E-state index in [2.05, 4.69) is 13.2 Å². The summed E-state index contributed by atoms with van der Waals surface area (Å²) >= 11 is 0. The van der Waals surface area contributed by atoms with Crippen molar-refractivity contribution in [2.45, 2.75) is 38.9 Å².